The molecule has 2 aliphatic rings. The number of amides is 1. The highest BCUT2D eigenvalue weighted by Crippen LogP contribution is 2.47. The highest BCUT2D eigenvalue weighted by Gasteiger charge is 2.63. The van der Waals surface area contributed by atoms with E-state index in [4.69, 9.17) is 4.74 Å². The van der Waals surface area contributed by atoms with Crippen LogP contribution in [0.15, 0.2) is 30.3 Å². The van der Waals surface area contributed by atoms with Crippen molar-refractivity contribution < 1.29 is 32.2 Å². The van der Waals surface area contributed by atoms with Gasteiger partial charge >= 0.3 is 6.18 Å². The number of fused-ring (bicyclic) bond motifs is 1. The third-order valence-corrected chi connectivity index (χ3v) is 5.16. The van der Waals surface area contributed by atoms with Gasteiger partial charge < -0.3 is 14.7 Å². The molecule has 150 valence electrons. The monoisotopic (exact) mass is 399 g/mol. The van der Waals surface area contributed by atoms with Crippen LogP contribution in [0.5, 0.6) is 5.75 Å². The van der Waals surface area contributed by atoms with Crippen molar-refractivity contribution in [1.29, 1.82) is 0 Å². The summed E-state index contributed by atoms with van der Waals surface area (Å²) >= 11 is 0. The lowest BCUT2D eigenvalue weighted by atomic mass is 9.74. The van der Waals surface area contributed by atoms with Gasteiger partial charge in [-0.05, 0) is 18.2 Å². The summed E-state index contributed by atoms with van der Waals surface area (Å²) < 4.78 is 58.5. The van der Waals surface area contributed by atoms with Gasteiger partial charge in [0.25, 0.3) is 5.91 Å². The van der Waals surface area contributed by atoms with E-state index in [9.17, 15) is 27.5 Å². The van der Waals surface area contributed by atoms with Gasteiger partial charge in [-0.2, -0.15) is 18.3 Å². The number of ether oxygens (including phenoxy) is 1. The third kappa shape index (κ3) is 3.21. The second kappa shape index (κ2) is 6.47. The van der Waals surface area contributed by atoms with Crippen LogP contribution in [0, 0.1) is 5.82 Å². The number of hydrogen-bond donors (Lipinski definition) is 1. The van der Waals surface area contributed by atoms with E-state index < -0.39 is 42.4 Å². The maximum absolute atomic E-state index is 13.2. The number of rotatable bonds is 4. The Morgan fingerprint density at radius 3 is 2.68 bits per heavy atom. The van der Waals surface area contributed by atoms with Crippen molar-refractivity contribution in [3.8, 4) is 5.75 Å². The van der Waals surface area contributed by atoms with E-state index >= 15 is 0 Å². The number of aromatic nitrogens is 2. The molecule has 0 bridgehead atoms. The van der Waals surface area contributed by atoms with Crippen molar-refractivity contribution >= 4 is 5.91 Å². The van der Waals surface area contributed by atoms with Gasteiger partial charge in [-0.15, -0.1) is 0 Å². The molecule has 0 unspecified atom stereocenters. The number of carbonyl (C=O) groups is 1. The number of alkyl halides is 3. The third-order valence-electron chi connectivity index (χ3n) is 5.16. The van der Waals surface area contributed by atoms with Crippen LogP contribution in [0.1, 0.15) is 29.0 Å². The number of benzene rings is 1. The molecular weight excluding hydrogens is 382 g/mol. The molecule has 1 aliphatic carbocycles. The normalized spacial score (nSPS) is 24.7. The first-order chi connectivity index (χ1) is 13.2. The molecule has 2 aromatic rings. The predicted molar refractivity (Wildman–Crippen MR) is 88.0 cm³/mol. The highest BCUT2D eigenvalue weighted by molar-refractivity contribution is 5.93. The fourth-order valence-corrected chi connectivity index (χ4v) is 3.57. The summed E-state index contributed by atoms with van der Waals surface area (Å²) in [6.07, 6.45) is -5.75. The molecule has 1 N–H and O–H groups in total. The van der Waals surface area contributed by atoms with E-state index in [1.807, 2.05) is 0 Å². The lowest BCUT2D eigenvalue weighted by Crippen LogP contribution is -2.64. The van der Waals surface area contributed by atoms with Gasteiger partial charge in [0.05, 0.1) is 6.54 Å². The highest BCUT2D eigenvalue weighted by atomic mass is 19.4. The van der Waals surface area contributed by atoms with Crippen LogP contribution in [0.25, 0.3) is 0 Å². The van der Waals surface area contributed by atoms with E-state index in [0.717, 1.165) is 0 Å². The van der Waals surface area contributed by atoms with Crippen LogP contribution < -0.4 is 4.74 Å². The molecule has 28 heavy (non-hydrogen) atoms. The first-order valence-electron chi connectivity index (χ1n) is 8.71. The molecule has 1 saturated carbocycles. The maximum Gasteiger partial charge on any atom is 0.417 e. The van der Waals surface area contributed by atoms with Gasteiger partial charge in [0.2, 0.25) is 0 Å². The first kappa shape index (κ1) is 18.7. The molecule has 2 heterocycles. The molecule has 1 aromatic heterocycles. The lowest BCUT2D eigenvalue weighted by Gasteiger charge is -2.49. The molecule has 0 atom stereocenters. The molecule has 1 aromatic carbocycles. The van der Waals surface area contributed by atoms with Crippen molar-refractivity contribution in [2.45, 2.75) is 43.8 Å². The fraction of sp³-hybridized carbons (Fsp3) is 0.444. The Bertz CT molecular complexity index is 906. The van der Waals surface area contributed by atoms with Gasteiger partial charge in [-0.1, -0.05) is 6.07 Å². The second-order valence-electron chi connectivity index (χ2n) is 7.08. The standard InChI is InChI=1S/C18H17F4N3O3/c19-11-2-1-3-14(6-11)28-10-12-7-15-16(26)24(4-5-25(15)23-12)13-8-17(27,9-13)18(20,21)22/h1-3,6-7,13,27H,4-5,8-10H2. The minimum Gasteiger partial charge on any atom is -0.487 e. The Labute approximate surface area is 157 Å². The van der Waals surface area contributed by atoms with Gasteiger partial charge in [-0.25, -0.2) is 4.39 Å². The van der Waals surface area contributed by atoms with Gasteiger partial charge in [0.1, 0.15) is 29.6 Å². The molecule has 0 spiro atoms. The second-order valence-corrected chi connectivity index (χ2v) is 7.08. The van der Waals surface area contributed by atoms with E-state index in [-0.39, 0.29) is 18.8 Å². The molecule has 10 heteroatoms. The van der Waals surface area contributed by atoms with Crippen molar-refractivity contribution in [2.75, 3.05) is 6.54 Å². The van der Waals surface area contributed by atoms with E-state index in [1.54, 1.807) is 6.07 Å². The predicted octanol–water partition coefficient (Wildman–Crippen LogP) is 2.51. The van der Waals surface area contributed by atoms with Crippen LogP contribution in [0.3, 0.4) is 0 Å². The summed E-state index contributed by atoms with van der Waals surface area (Å²) in [5.41, 5.74) is -2.01. The van der Waals surface area contributed by atoms with E-state index in [1.165, 1.54) is 33.8 Å². The average Bonchev–Trinajstić information content (AvgIpc) is 3.01. The van der Waals surface area contributed by atoms with Crippen LogP contribution in [0.4, 0.5) is 17.6 Å². The topological polar surface area (TPSA) is 67.6 Å². The summed E-state index contributed by atoms with van der Waals surface area (Å²) in [6, 6.07) is 6.46. The molecular formula is C18H17F4N3O3. The molecule has 1 fully saturated rings. The van der Waals surface area contributed by atoms with Gasteiger partial charge in [-0.3, -0.25) is 9.48 Å². The van der Waals surface area contributed by atoms with E-state index in [0.29, 0.717) is 18.0 Å². The van der Waals surface area contributed by atoms with Crippen LogP contribution >= 0.6 is 0 Å². The summed E-state index contributed by atoms with van der Waals surface area (Å²) in [4.78, 5) is 14.0. The Hall–Kier alpha value is -2.62. The van der Waals surface area contributed by atoms with Gasteiger partial charge in [0.15, 0.2) is 5.60 Å². The fourth-order valence-electron chi connectivity index (χ4n) is 3.57. The van der Waals surface area contributed by atoms with Gasteiger partial charge in [0, 0.05) is 31.5 Å². The Morgan fingerprint density at radius 1 is 1.25 bits per heavy atom. The number of halogens is 4. The lowest BCUT2D eigenvalue weighted by molar-refractivity contribution is -0.297. The Morgan fingerprint density at radius 2 is 2.00 bits per heavy atom. The maximum atomic E-state index is 13.2. The molecule has 4 rings (SSSR count). The molecule has 1 amide bonds. The summed E-state index contributed by atoms with van der Waals surface area (Å²) in [7, 11) is 0. The number of nitrogens with zero attached hydrogens (tertiary/aromatic N) is 3. The molecule has 1 aliphatic heterocycles. The molecule has 6 nitrogen and oxygen atoms in total. The summed E-state index contributed by atoms with van der Waals surface area (Å²) in [5, 5.41) is 13.9. The zero-order chi connectivity index (χ0) is 20.1. The van der Waals surface area contributed by atoms with Crippen molar-refractivity contribution in [3.63, 3.8) is 0 Å². The largest absolute Gasteiger partial charge is 0.487 e. The smallest absolute Gasteiger partial charge is 0.417 e. The number of hydrogen-bond acceptors (Lipinski definition) is 4. The Kier molecular flexibility index (Phi) is 4.33. The van der Waals surface area contributed by atoms with Crippen LogP contribution in [-0.2, 0) is 13.2 Å². The van der Waals surface area contributed by atoms with Crippen molar-refractivity contribution in [3.05, 3.63) is 47.5 Å². The van der Waals surface area contributed by atoms with Crippen molar-refractivity contribution in [2.24, 2.45) is 0 Å². The minimum absolute atomic E-state index is 0.0218. The summed E-state index contributed by atoms with van der Waals surface area (Å²) in [6.45, 7) is 0.576. The minimum atomic E-state index is -4.70. The Balaban J connectivity index is 1.42. The quantitative estimate of drug-likeness (QED) is 0.803. The van der Waals surface area contributed by atoms with Crippen LogP contribution in [0.2, 0.25) is 0 Å². The average molecular weight is 399 g/mol. The summed E-state index contributed by atoms with van der Waals surface area (Å²) in [5.74, 6) is -0.545. The molecule has 0 radical (unpaired) electrons. The van der Waals surface area contributed by atoms with Crippen molar-refractivity contribution in [1.82, 2.24) is 14.7 Å². The number of aliphatic hydroxyl groups is 1. The zero-order valence-corrected chi connectivity index (χ0v) is 14.6. The van der Waals surface area contributed by atoms with Crippen LogP contribution in [-0.4, -0.2) is 50.1 Å². The molecule has 0 saturated heterocycles. The number of carbonyl (C=O) groups excluding carboxylic acids is 1. The zero-order valence-electron chi connectivity index (χ0n) is 14.6. The van der Waals surface area contributed by atoms with E-state index in [2.05, 4.69) is 5.10 Å². The SMILES string of the molecule is O=C1c2cc(COc3cccc(F)c3)nn2CCN1C1CC(O)(C(F)(F)F)C1. The first-order valence-corrected chi connectivity index (χ1v) is 8.71.